The zero-order valence-electron chi connectivity index (χ0n) is 23.0. The molecule has 2 aromatic heterocycles. The van der Waals surface area contributed by atoms with Crippen LogP contribution < -0.4 is 16.0 Å². The van der Waals surface area contributed by atoms with Crippen LogP contribution in [0.4, 0.5) is 16.2 Å². The van der Waals surface area contributed by atoms with Gasteiger partial charge in [-0.05, 0) is 72.2 Å². The van der Waals surface area contributed by atoms with Crippen molar-refractivity contribution in [2.45, 2.75) is 37.8 Å². The molecule has 2 atom stereocenters. The van der Waals surface area contributed by atoms with Crippen molar-refractivity contribution in [3.8, 4) is 16.9 Å². The second-order valence-electron chi connectivity index (χ2n) is 9.75. The molecule has 0 saturated carbocycles. The molecule has 1 aliphatic rings. The summed E-state index contributed by atoms with van der Waals surface area (Å²) in [6.45, 7) is 0. The molecular formula is C28H28ClN9O5. The van der Waals surface area contributed by atoms with Gasteiger partial charge in [-0.25, -0.2) is 9.78 Å². The number of fused-ring (bicyclic) bond motifs is 4. The number of rotatable bonds is 5. The summed E-state index contributed by atoms with van der Waals surface area (Å²) in [5, 5.41) is 30.6. The van der Waals surface area contributed by atoms with Crippen LogP contribution in [-0.4, -0.2) is 66.4 Å². The van der Waals surface area contributed by atoms with Gasteiger partial charge >= 0.3 is 6.09 Å². The number of aliphatic hydroxyl groups is 1. The van der Waals surface area contributed by atoms with E-state index < -0.39 is 18.2 Å². The van der Waals surface area contributed by atoms with E-state index in [1.165, 1.54) is 24.2 Å². The van der Waals surface area contributed by atoms with Gasteiger partial charge in [0.15, 0.2) is 0 Å². The van der Waals surface area contributed by atoms with E-state index >= 15 is 0 Å². The Bertz CT molecular complexity index is 1650. The Morgan fingerprint density at radius 1 is 1.21 bits per heavy atom. The number of aromatic nitrogens is 6. The summed E-state index contributed by atoms with van der Waals surface area (Å²) in [6.07, 6.45) is 5.66. The fourth-order valence-electron chi connectivity index (χ4n) is 4.66. The second kappa shape index (κ2) is 13.3. The molecule has 0 spiro atoms. The number of nitrogens with one attached hydrogen (secondary N) is 4. The molecule has 15 heteroatoms. The summed E-state index contributed by atoms with van der Waals surface area (Å²) in [7, 11) is 1.25. The van der Waals surface area contributed by atoms with Crippen molar-refractivity contribution < 1.29 is 24.2 Å². The van der Waals surface area contributed by atoms with Crippen molar-refractivity contribution in [2.24, 2.45) is 0 Å². The Balaban J connectivity index is 1.41. The summed E-state index contributed by atoms with van der Waals surface area (Å²) in [6, 6.07) is 9.55. The Kier molecular flexibility index (Phi) is 9.08. The Hall–Kier alpha value is -5.08. The zero-order valence-corrected chi connectivity index (χ0v) is 23.7. The van der Waals surface area contributed by atoms with E-state index in [0.717, 1.165) is 0 Å². The number of ether oxygens (including phenoxy) is 1. The first kappa shape index (κ1) is 29.4. The van der Waals surface area contributed by atoms with Crippen LogP contribution in [0.3, 0.4) is 0 Å². The Labute approximate surface area is 250 Å². The average Bonchev–Trinajstić information content (AvgIpc) is 3.68. The SMILES string of the molecule is COC(=O)Nc1ccc2c(c1)NC(=O)CC(O)CCC[C@H](NC(=O)C=Cc1cc(Cl)ccc1-n1cnnn1)c1ncc-2[nH]1. The number of carbonyl (C=O) groups excluding carboxylic acids is 3. The Morgan fingerprint density at radius 3 is 2.86 bits per heavy atom. The van der Waals surface area contributed by atoms with Crippen molar-refractivity contribution in [1.82, 2.24) is 35.5 Å². The molecule has 222 valence electrons. The molecule has 2 bridgehead atoms. The van der Waals surface area contributed by atoms with Crippen LogP contribution in [0, 0.1) is 0 Å². The lowest BCUT2D eigenvalue weighted by Crippen LogP contribution is -2.28. The van der Waals surface area contributed by atoms with Crippen LogP contribution in [0.5, 0.6) is 0 Å². The number of aromatic amines is 1. The van der Waals surface area contributed by atoms with Crippen molar-refractivity contribution in [3.63, 3.8) is 0 Å². The highest BCUT2D eigenvalue weighted by atomic mass is 35.5. The van der Waals surface area contributed by atoms with Gasteiger partial charge in [-0.15, -0.1) is 5.10 Å². The maximum absolute atomic E-state index is 13.1. The number of tetrazole rings is 1. The molecule has 5 N–H and O–H groups in total. The highest BCUT2D eigenvalue weighted by molar-refractivity contribution is 6.30. The number of H-pyrrole nitrogens is 1. The highest BCUT2D eigenvalue weighted by Crippen LogP contribution is 2.32. The number of hydrogen-bond donors (Lipinski definition) is 5. The summed E-state index contributed by atoms with van der Waals surface area (Å²) in [5.41, 5.74) is 3.23. The first-order valence-electron chi connectivity index (χ1n) is 13.3. The molecule has 4 aromatic rings. The molecule has 0 radical (unpaired) electrons. The van der Waals surface area contributed by atoms with E-state index in [1.54, 1.807) is 48.7 Å². The molecule has 43 heavy (non-hydrogen) atoms. The number of hydrogen-bond acceptors (Lipinski definition) is 9. The number of halogens is 1. The van der Waals surface area contributed by atoms with E-state index in [1.807, 2.05) is 0 Å². The van der Waals surface area contributed by atoms with Crippen LogP contribution in [0.25, 0.3) is 23.0 Å². The topological polar surface area (TPSA) is 189 Å². The summed E-state index contributed by atoms with van der Waals surface area (Å²) < 4.78 is 6.12. The van der Waals surface area contributed by atoms with Crippen molar-refractivity contribution in [3.05, 3.63) is 71.4 Å². The van der Waals surface area contributed by atoms with Gasteiger partial charge in [0.2, 0.25) is 11.8 Å². The van der Waals surface area contributed by atoms with Gasteiger partial charge in [-0.3, -0.25) is 14.9 Å². The van der Waals surface area contributed by atoms with Crippen LogP contribution in [0.1, 0.15) is 43.1 Å². The van der Waals surface area contributed by atoms with Gasteiger partial charge in [0.1, 0.15) is 12.2 Å². The van der Waals surface area contributed by atoms with Gasteiger partial charge in [-0.2, -0.15) is 4.68 Å². The largest absolute Gasteiger partial charge is 0.453 e. The van der Waals surface area contributed by atoms with E-state index in [0.29, 0.717) is 64.0 Å². The van der Waals surface area contributed by atoms with Gasteiger partial charge < -0.3 is 25.5 Å². The number of nitrogens with zero attached hydrogens (tertiary/aromatic N) is 5. The van der Waals surface area contributed by atoms with Gasteiger partial charge in [-0.1, -0.05) is 11.6 Å². The standard InChI is InChI=1S/C28H28ClN9O5/c1-43-28(42)32-18-7-8-20-22(12-18)34-26(41)13-19(39)3-2-4-21(27-30-14-23(20)35-27)33-25(40)10-5-16-11-17(29)6-9-24(16)38-15-31-36-37-38/h5-12,14-15,19,21,39H,2-4,13H2,1H3,(H,30,35)(H,32,42)(H,33,40)(H,34,41)/t19?,21-/m0/s1. The van der Waals surface area contributed by atoms with E-state index in [2.05, 4.69) is 46.2 Å². The van der Waals surface area contributed by atoms with E-state index in [9.17, 15) is 19.5 Å². The van der Waals surface area contributed by atoms with E-state index in [4.69, 9.17) is 11.6 Å². The molecule has 0 saturated heterocycles. The predicted molar refractivity (Wildman–Crippen MR) is 157 cm³/mol. The highest BCUT2D eigenvalue weighted by Gasteiger charge is 2.22. The third-order valence-electron chi connectivity index (χ3n) is 6.71. The minimum Gasteiger partial charge on any atom is -0.453 e. The quantitative estimate of drug-likeness (QED) is 0.211. The van der Waals surface area contributed by atoms with Crippen LogP contribution >= 0.6 is 11.6 Å². The fourth-order valence-corrected chi connectivity index (χ4v) is 4.84. The molecule has 1 aliphatic heterocycles. The number of aliphatic hydroxyl groups excluding tert-OH is 1. The van der Waals surface area contributed by atoms with Gasteiger partial charge in [0.25, 0.3) is 0 Å². The number of imidazole rings is 1. The maximum Gasteiger partial charge on any atom is 0.411 e. The molecule has 3 amide bonds. The third-order valence-corrected chi connectivity index (χ3v) is 6.94. The number of carbonyl (C=O) groups is 3. The molecule has 14 nitrogen and oxygen atoms in total. The minimum atomic E-state index is -0.893. The number of methoxy groups -OCH3 is 1. The predicted octanol–water partition coefficient (Wildman–Crippen LogP) is 3.63. The molecule has 1 unspecified atom stereocenters. The van der Waals surface area contributed by atoms with Crippen LogP contribution in [0.15, 0.2) is 55.0 Å². The second-order valence-corrected chi connectivity index (χ2v) is 10.2. The monoisotopic (exact) mass is 605 g/mol. The Morgan fingerprint density at radius 2 is 2.07 bits per heavy atom. The number of anilines is 2. The fraction of sp³-hybridized carbons (Fsp3) is 0.250. The molecule has 0 fully saturated rings. The van der Waals surface area contributed by atoms with Crippen LogP contribution in [-0.2, 0) is 14.3 Å². The minimum absolute atomic E-state index is 0.120. The molecular weight excluding hydrogens is 578 g/mol. The van der Waals surface area contributed by atoms with Crippen molar-refractivity contribution in [2.75, 3.05) is 17.7 Å². The maximum atomic E-state index is 13.1. The van der Waals surface area contributed by atoms with Gasteiger partial charge in [0, 0.05) is 27.9 Å². The van der Waals surface area contributed by atoms with Gasteiger partial charge in [0.05, 0.1) is 48.9 Å². The zero-order chi connectivity index (χ0) is 30.3. The molecule has 3 heterocycles. The first-order chi connectivity index (χ1) is 20.8. The lowest BCUT2D eigenvalue weighted by Gasteiger charge is -2.17. The van der Waals surface area contributed by atoms with Crippen molar-refractivity contribution >= 4 is 47.0 Å². The number of amides is 3. The number of benzene rings is 2. The normalized spacial score (nSPS) is 17.1. The lowest BCUT2D eigenvalue weighted by atomic mass is 10.0. The van der Waals surface area contributed by atoms with E-state index in [-0.39, 0.29) is 18.2 Å². The summed E-state index contributed by atoms with van der Waals surface area (Å²) >= 11 is 6.19. The first-order valence-corrected chi connectivity index (χ1v) is 13.7. The van der Waals surface area contributed by atoms with Crippen molar-refractivity contribution in [1.29, 1.82) is 0 Å². The molecule has 0 aliphatic carbocycles. The van der Waals surface area contributed by atoms with Crippen LogP contribution in [0.2, 0.25) is 5.02 Å². The summed E-state index contributed by atoms with van der Waals surface area (Å²) in [4.78, 5) is 45.3. The molecule has 2 aromatic carbocycles. The summed E-state index contributed by atoms with van der Waals surface area (Å²) in [5.74, 6) is -0.275. The lowest BCUT2D eigenvalue weighted by molar-refractivity contribution is -0.118. The third kappa shape index (κ3) is 7.42. The average molecular weight is 606 g/mol. The molecule has 5 rings (SSSR count). The smallest absolute Gasteiger partial charge is 0.411 e.